The molecule has 6 heteroatoms. The van der Waals surface area contributed by atoms with Gasteiger partial charge in [0, 0.05) is 30.7 Å². The van der Waals surface area contributed by atoms with E-state index in [0.717, 1.165) is 49.2 Å². The van der Waals surface area contributed by atoms with Crippen LogP contribution < -0.4 is 0 Å². The number of aryl methyl sites for hydroxylation is 1. The van der Waals surface area contributed by atoms with Gasteiger partial charge in [0.05, 0.1) is 24.5 Å². The van der Waals surface area contributed by atoms with Crippen LogP contribution in [0.5, 0.6) is 0 Å². The zero-order chi connectivity index (χ0) is 17.9. The molecule has 1 saturated heterocycles. The molecule has 3 heterocycles. The van der Waals surface area contributed by atoms with Crippen molar-refractivity contribution in [2.24, 2.45) is 0 Å². The first-order valence-corrected chi connectivity index (χ1v) is 9.11. The number of amides is 1. The predicted octanol–water partition coefficient (Wildman–Crippen LogP) is 3.07. The van der Waals surface area contributed by atoms with Crippen LogP contribution in [-0.2, 0) is 6.54 Å². The SMILES string of the molecule is Cc1cnn(-c2ccc(C(=O)N3CCCC[C@H]3Cn3cccn3)cc2)c1. The molecule has 0 bridgehead atoms. The number of nitrogens with zero attached hydrogens (tertiary/aromatic N) is 5. The third kappa shape index (κ3) is 3.40. The Morgan fingerprint density at radius 2 is 2.04 bits per heavy atom. The van der Waals surface area contributed by atoms with Crippen molar-refractivity contribution < 1.29 is 4.79 Å². The van der Waals surface area contributed by atoms with Gasteiger partial charge in [0.25, 0.3) is 5.91 Å². The van der Waals surface area contributed by atoms with E-state index in [0.29, 0.717) is 0 Å². The largest absolute Gasteiger partial charge is 0.334 e. The number of piperidine rings is 1. The molecule has 1 fully saturated rings. The molecule has 0 unspecified atom stereocenters. The van der Waals surface area contributed by atoms with E-state index in [1.165, 1.54) is 0 Å². The molecule has 0 radical (unpaired) electrons. The number of likely N-dealkylation sites (tertiary alicyclic amines) is 1. The van der Waals surface area contributed by atoms with Gasteiger partial charge in [0.15, 0.2) is 0 Å². The van der Waals surface area contributed by atoms with Crippen LogP contribution in [0, 0.1) is 6.92 Å². The second-order valence-corrected chi connectivity index (χ2v) is 6.89. The number of benzene rings is 1. The lowest BCUT2D eigenvalue weighted by molar-refractivity contribution is 0.0584. The summed E-state index contributed by atoms with van der Waals surface area (Å²) in [5.41, 5.74) is 2.80. The van der Waals surface area contributed by atoms with Crippen LogP contribution >= 0.6 is 0 Å². The van der Waals surface area contributed by atoms with Crippen molar-refractivity contribution in [1.29, 1.82) is 0 Å². The molecular weight excluding hydrogens is 326 g/mol. The zero-order valence-corrected chi connectivity index (χ0v) is 15.0. The molecule has 3 aromatic rings. The van der Waals surface area contributed by atoms with Gasteiger partial charge in [-0.15, -0.1) is 0 Å². The van der Waals surface area contributed by atoms with Crippen molar-refractivity contribution in [2.75, 3.05) is 6.54 Å². The molecule has 1 aromatic carbocycles. The van der Waals surface area contributed by atoms with Gasteiger partial charge in [-0.05, 0) is 62.1 Å². The number of carbonyl (C=O) groups is 1. The average molecular weight is 349 g/mol. The minimum atomic E-state index is 0.102. The van der Waals surface area contributed by atoms with Gasteiger partial charge in [0.1, 0.15) is 0 Å². The summed E-state index contributed by atoms with van der Waals surface area (Å²) in [4.78, 5) is 15.1. The van der Waals surface area contributed by atoms with Crippen LogP contribution in [0.4, 0.5) is 0 Å². The Kier molecular flexibility index (Phi) is 4.56. The lowest BCUT2D eigenvalue weighted by atomic mass is 10.0. The first-order chi connectivity index (χ1) is 12.7. The standard InChI is InChI=1S/C20H23N5O/c1-16-13-22-25(14-16)18-8-6-17(7-9-18)20(26)24-12-3-2-5-19(24)15-23-11-4-10-21-23/h4,6-11,13-14,19H,2-3,5,12,15H2,1H3/t19-/m0/s1. The molecule has 26 heavy (non-hydrogen) atoms. The maximum Gasteiger partial charge on any atom is 0.254 e. The molecule has 1 amide bonds. The van der Waals surface area contributed by atoms with E-state index in [2.05, 4.69) is 10.2 Å². The highest BCUT2D eigenvalue weighted by molar-refractivity contribution is 5.94. The minimum absolute atomic E-state index is 0.102. The van der Waals surface area contributed by atoms with Gasteiger partial charge < -0.3 is 4.90 Å². The maximum atomic E-state index is 13.1. The van der Waals surface area contributed by atoms with E-state index < -0.39 is 0 Å². The predicted molar refractivity (Wildman–Crippen MR) is 99.2 cm³/mol. The summed E-state index contributed by atoms with van der Waals surface area (Å²) >= 11 is 0. The Balaban J connectivity index is 1.51. The highest BCUT2D eigenvalue weighted by Gasteiger charge is 2.27. The van der Waals surface area contributed by atoms with Gasteiger partial charge in [-0.3, -0.25) is 9.48 Å². The summed E-state index contributed by atoms with van der Waals surface area (Å²) in [6.07, 6.45) is 10.8. The second-order valence-electron chi connectivity index (χ2n) is 6.89. The summed E-state index contributed by atoms with van der Waals surface area (Å²) in [5.74, 6) is 0.102. The molecule has 1 aliphatic rings. The molecule has 134 valence electrons. The van der Waals surface area contributed by atoms with Crippen molar-refractivity contribution in [2.45, 2.75) is 38.8 Å². The van der Waals surface area contributed by atoms with E-state index in [-0.39, 0.29) is 11.9 Å². The Bertz CT molecular complexity index is 866. The molecule has 0 spiro atoms. The van der Waals surface area contributed by atoms with E-state index in [1.807, 2.05) is 70.1 Å². The number of hydrogen-bond acceptors (Lipinski definition) is 3. The average Bonchev–Trinajstić information content (AvgIpc) is 3.34. The first-order valence-electron chi connectivity index (χ1n) is 9.11. The molecule has 0 aliphatic carbocycles. The van der Waals surface area contributed by atoms with Crippen molar-refractivity contribution in [3.05, 3.63) is 66.2 Å². The van der Waals surface area contributed by atoms with Gasteiger partial charge in [-0.1, -0.05) is 0 Å². The smallest absolute Gasteiger partial charge is 0.254 e. The molecule has 2 aromatic heterocycles. The Morgan fingerprint density at radius 1 is 1.19 bits per heavy atom. The number of carbonyl (C=O) groups excluding carboxylic acids is 1. The molecular formula is C20H23N5O. The Labute approximate surface area is 153 Å². The third-order valence-electron chi connectivity index (χ3n) is 4.94. The van der Waals surface area contributed by atoms with Crippen molar-refractivity contribution in [3.63, 3.8) is 0 Å². The van der Waals surface area contributed by atoms with Crippen LogP contribution in [0.2, 0.25) is 0 Å². The minimum Gasteiger partial charge on any atom is -0.334 e. The molecule has 1 aliphatic heterocycles. The summed E-state index contributed by atoms with van der Waals surface area (Å²) in [7, 11) is 0. The van der Waals surface area contributed by atoms with Crippen molar-refractivity contribution >= 4 is 5.91 Å². The summed E-state index contributed by atoms with van der Waals surface area (Å²) in [6, 6.07) is 9.82. The Hall–Kier alpha value is -2.89. The summed E-state index contributed by atoms with van der Waals surface area (Å²) in [6.45, 7) is 3.58. The normalized spacial score (nSPS) is 17.4. The fourth-order valence-corrected chi connectivity index (χ4v) is 3.56. The molecule has 6 nitrogen and oxygen atoms in total. The maximum absolute atomic E-state index is 13.1. The lowest BCUT2D eigenvalue weighted by Gasteiger charge is -2.35. The zero-order valence-electron chi connectivity index (χ0n) is 15.0. The summed E-state index contributed by atoms with van der Waals surface area (Å²) in [5, 5.41) is 8.61. The number of rotatable bonds is 4. The van der Waals surface area contributed by atoms with Gasteiger partial charge in [-0.25, -0.2) is 4.68 Å². The number of aromatic nitrogens is 4. The van der Waals surface area contributed by atoms with Gasteiger partial charge >= 0.3 is 0 Å². The number of hydrogen-bond donors (Lipinski definition) is 0. The first kappa shape index (κ1) is 16.6. The second kappa shape index (κ2) is 7.15. The van der Waals surface area contributed by atoms with Crippen LogP contribution in [0.3, 0.4) is 0 Å². The van der Waals surface area contributed by atoms with E-state index >= 15 is 0 Å². The quantitative estimate of drug-likeness (QED) is 0.727. The Morgan fingerprint density at radius 3 is 2.73 bits per heavy atom. The van der Waals surface area contributed by atoms with Crippen LogP contribution in [0.25, 0.3) is 5.69 Å². The van der Waals surface area contributed by atoms with Crippen LogP contribution in [0.1, 0.15) is 35.2 Å². The molecule has 4 rings (SSSR count). The van der Waals surface area contributed by atoms with Crippen LogP contribution in [0.15, 0.2) is 55.1 Å². The summed E-state index contributed by atoms with van der Waals surface area (Å²) < 4.78 is 3.74. The fraction of sp³-hybridized carbons (Fsp3) is 0.350. The highest BCUT2D eigenvalue weighted by Crippen LogP contribution is 2.21. The molecule has 0 saturated carbocycles. The van der Waals surface area contributed by atoms with Crippen molar-refractivity contribution in [3.8, 4) is 5.69 Å². The van der Waals surface area contributed by atoms with Gasteiger partial charge in [0.2, 0.25) is 0 Å². The van der Waals surface area contributed by atoms with E-state index in [1.54, 1.807) is 6.20 Å². The van der Waals surface area contributed by atoms with Gasteiger partial charge in [-0.2, -0.15) is 10.2 Å². The third-order valence-corrected chi connectivity index (χ3v) is 4.94. The monoisotopic (exact) mass is 349 g/mol. The topological polar surface area (TPSA) is 56.0 Å². The van der Waals surface area contributed by atoms with Crippen LogP contribution in [-0.4, -0.2) is 43.0 Å². The molecule has 0 N–H and O–H groups in total. The van der Waals surface area contributed by atoms with E-state index in [4.69, 9.17) is 0 Å². The lowest BCUT2D eigenvalue weighted by Crippen LogP contribution is -2.45. The molecule has 1 atom stereocenters. The van der Waals surface area contributed by atoms with E-state index in [9.17, 15) is 4.79 Å². The highest BCUT2D eigenvalue weighted by atomic mass is 16.2. The fourth-order valence-electron chi connectivity index (χ4n) is 3.56. The van der Waals surface area contributed by atoms with Crippen molar-refractivity contribution in [1.82, 2.24) is 24.5 Å².